The zero-order valence-electron chi connectivity index (χ0n) is 13.6. The molecule has 118 valence electrons. The first-order valence-electron chi connectivity index (χ1n) is 7.76. The first kappa shape index (κ1) is 17.5. The van der Waals surface area contributed by atoms with E-state index in [1.165, 1.54) is 0 Å². The van der Waals surface area contributed by atoms with E-state index in [4.69, 9.17) is 10.5 Å². The van der Waals surface area contributed by atoms with Gasteiger partial charge in [0.05, 0.1) is 18.2 Å². The van der Waals surface area contributed by atoms with Crippen LogP contribution in [0.1, 0.15) is 58.6 Å². The van der Waals surface area contributed by atoms with E-state index in [2.05, 4.69) is 12.2 Å². The summed E-state index contributed by atoms with van der Waals surface area (Å²) in [7, 11) is 0. The van der Waals surface area contributed by atoms with Gasteiger partial charge in [0.15, 0.2) is 0 Å². The van der Waals surface area contributed by atoms with Gasteiger partial charge in [-0.25, -0.2) is 0 Å². The minimum absolute atomic E-state index is 0.0572. The second kappa shape index (κ2) is 8.67. The van der Waals surface area contributed by atoms with Crippen LogP contribution in [-0.4, -0.2) is 18.1 Å². The molecule has 4 heteroatoms. The zero-order valence-corrected chi connectivity index (χ0v) is 13.6. The van der Waals surface area contributed by atoms with Crippen molar-refractivity contribution >= 4 is 5.91 Å². The van der Waals surface area contributed by atoms with Gasteiger partial charge in [-0.2, -0.15) is 0 Å². The first-order chi connectivity index (χ1) is 9.93. The molecule has 1 unspecified atom stereocenters. The largest absolute Gasteiger partial charge is 0.491 e. The highest BCUT2D eigenvalue weighted by molar-refractivity contribution is 5.81. The molecule has 4 nitrogen and oxygen atoms in total. The summed E-state index contributed by atoms with van der Waals surface area (Å²) < 4.78 is 5.61. The Kier molecular flexibility index (Phi) is 7.23. The van der Waals surface area contributed by atoms with E-state index in [9.17, 15) is 4.79 Å². The Morgan fingerprint density at radius 1 is 1.24 bits per heavy atom. The lowest BCUT2D eigenvalue weighted by Crippen LogP contribution is -2.41. The third-order valence-electron chi connectivity index (χ3n) is 3.32. The highest BCUT2D eigenvalue weighted by Gasteiger charge is 2.16. The quantitative estimate of drug-likeness (QED) is 0.773. The Bertz CT molecular complexity index is 429. The van der Waals surface area contributed by atoms with Crippen molar-refractivity contribution in [2.45, 2.75) is 65.1 Å². The molecule has 0 aliphatic carbocycles. The Labute approximate surface area is 128 Å². The molecule has 0 aliphatic heterocycles. The number of hydrogen-bond donors (Lipinski definition) is 2. The van der Waals surface area contributed by atoms with Crippen molar-refractivity contribution in [2.75, 3.05) is 0 Å². The fourth-order valence-electron chi connectivity index (χ4n) is 2.07. The van der Waals surface area contributed by atoms with E-state index in [1.807, 2.05) is 45.0 Å². The second-order valence-electron chi connectivity index (χ2n) is 5.71. The van der Waals surface area contributed by atoms with E-state index in [-0.39, 0.29) is 18.1 Å². The normalized spacial score (nSPS) is 13.8. The molecule has 0 saturated heterocycles. The standard InChI is InChI=1S/C17H28N2O2/c1-5-6-7-16(18)17(20)19-13(4)14-8-10-15(11-9-14)21-12(2)3/h8-13,16H,5-7,18H2,1-4H3,(H,19,20)/t13?,16-/m0/s1. The lowest BCUT2D eigenvalue weighted by molar-refractivity contribution is -0.123. The van der Waals surface area contributed by atoms with Gasteiger partial charge in [0, 0.05) is 0 Å². The molecule has 0 fully saturated rings. The molecular formula is C17H28N2O2. The molecule has 0 spiro atoms. The van der Waals surface area contributed by atoms with Crippen molar-refractivity contribution in [1.29, 1.82) is 0 Å². The summed E-state index contributed by atoms with van der Waals surface area (Å²) in [5.74, 6) is 0.755. The van der Waals surface area contributed by atoms with Crippen LogP contribution in [0.25, 0.3) is 0 Å². The molecule has 1 rings (SSSR count). The van der Waals surface area contributed by atoms with E-state index in [1.54, 1.807) is 0 Å². The number of rotatable bonds is 8. The van der Waals surface area contributed by atoms with Gasteiger partial charge in [-0.15, -0.1) is 0 Å². The zero-order chi connectivity index (χ0) is 15.8. The van der Waals surface area contributed by atoms with Crippen molar-refractivity contribution in [1.82, 2.24) is 5.32 Å². The number of ether oxygens (including phenoxy) is 1. The smallest absolute Gasteiger partial charge is 0.237 e. The number of unbranched alkanes of at least 4 members (excludes halogenated alkanes) is 1. The number of nitrogens with one attached hydrogen (secondary N) is 1. The van der Waals surface area contributed by atoms with Crippen LogP contribution in [0.15, 0.2) is 24.3 Å². The van der Waals surface area contributed by atoms with Crippen LogP contribution in [0.2, 0.25) is 0 Å². The predicted octanol–water partition coefficient (Wildman–Crippen LogP) is 3.17. The minimum atomic E-state index is -0.420. The van der Waals surface area contributed by atoms with Gasteiger partial charge < -0.3 is 15.8 Å². The third kappa shape index (κ3) is 6.17. The fourth-order valence-corrected chi connectivity index (χ4v) is 2.07. The number of carbonyl (C=O) groups excluding carboxylic acids is 1. The average molecular weight is 292 g/mol. The van der Waals surface area contributed by atoms with Crippen LogP contribution in [0.4, 0.5) is 0 Å². The molecule has 1 aromatic carbocycles. The van der Waals surface area contributed by atoms with Crippen molar-refractivity contribution in [3.05, 3.63) is 29.8 Å². The summed E-state index contributed by atoms with van der Waals surface area (Å²) in [6.07, 6.45) is 2.92. The summed E-state index contributed by atoms with van der Waals surface area (Å²) in [4.78, 5) is 12.0. The molecule has 0 bridgehead atoms. The van der Waals surface area contributed by atoms with Gasteiger partial charge >= 0.3 is 0 Å². The average Bonchev–Trinajstić information content (AvgIpc) is 2.44. The number of carbonyl (C=O) groups is 1. The molecule has 0 aliphatic rings. The molecule has 1 amide bonds. The highest BCUT2D eigenvalue weighted by Crippen LogP contribution is 2.18. The molecule has 3 N–H and O–H groups in total. The monoisotopic (exact) mass is 292 g/mol. The topological polar surface area (TPSA) is 64.4 Å². The van der Waals surface area contributed by atoms with Crippen LogP contribution in [0, 0.1) is 0 Å². The molecule has 2 atom stereocenters. The van der Waals surface area contributed by atoms with Gasteiger partial charge in [0.2, 0.25) is 5.91 Å². The van der Waals surface area contributed by atoms with Crippen LogP contribution in [-0.2, 0) is 4.79 Å². The van der Waals surface area contributed by atoms with Crippen molar-refractivity contribution in [2.24, 2.45) is 5.73 Å². The van der Waals surface area contributed by atoms with Crippen molar-refractivity contribution in [3.63, 3.8) is 0 Å². The van der Waals surface area contributed by atoms with E-state index >= 15 is 0 Å². The number of nitrogens with two attached hydrogens (primary N) is 1. The number of hydrogen-bond acceptors (Lipinski definition) is 3. The predicted molar refractivity (Wildman–Crippen MR) is 86.3 cm³/mol. The van der Waals surface area contributed by atoms with E-state index in [0.717, 1.165) is 30.6 Å². The van der Waals surface area contributed by atoms with E-state index < -0.39 is 6.04 Å². The van der Waals surface area contributed by atoms with E-state index in [0.29, 0.717) is 0 Å². The number of amides is 1. The maximum Gasteiger partial charge on any atom is 0.237 e. The van der Waals surface area contributed by atoms with Gasteiger partial charge in [0.25, 0.3) is 0 Å². The first-order valence-corrected chi connectivity index (χ1v) is 7.76. The molecule has 1 aromatic rings. The maximum absolute atomic E-state index is 12.0. The molecule has 0 saturated carbocycles. The van der Waals surface area contributed by atoms with Crippen LogP contribution >= 0.6 is 0 Å². The molecule has 0 radical (unpaired) electrons. The van der Waals surface area contributed by atoms with Crippen molar-refractivity contribution in [3.8, 4) is 5.75 Å². The molecule has 0 aromatic heterocycles. The second-order valence-corrected chi connectivity index (χ2v) is 5.71. The number of benzene rings is 1. The molecule has 0 heterocycles. The van der Waals surface area contributed by atoms with Crippen LogP contribution in [0.3, 0.4) is 0 Å². The maximum atomic E-state index is 12.0. The Balaban J connectivity index is 2.54. The van der Waals surface area contributed by atoms with Gasteiger partial charge in [0.1, 0.15) is 5.75 Å². The summed E-state index contributed by atoms with van der Waals surface area (Å²) in [5.41, 5.74) is 6.92. The Morgan fingerprint density at radius 2 is 1.86 bits per heavy atom. The molecule has 21 heavy (non-hydrogen) atoms. The highest BCUT2D eigenvalue weighted by atomic mass is 16.5. The fraction of sp³-hybridized carbons (Fsp3) is 0.588. The minimum Gasteiger partial charge on any atom is -0.491 e. The summed E-state index contributed by atoms with van der Waals surface area (Å²) >= 11 is 0. The summed E-state index contributed by atoms with van der Waals surface area (Å²) in [6.45, 7) is 8.04. The lowest BCUT2D eigenvalue weighted by atomic mass is 10.1. The summed E-state index contributed by atoms with van der Waals surface area (Å²) in [6, 6.07) is 7.32. The van der Waals surface area contributed by atoms with Gasteiger partial charge in [-0.05, 0) is 44.9 Å². The SMILES string of the molecule is CCCC[C@H](N)C(=O)NC(C)c1ccc(OC(C)C)cc1. The van der Waals surface area contributed by atoms with Crippen molar-refractivity contribution < 1.29 is 9.53 Å². The Hall–Kier alpha value is -1.55. The Morgan fingerprint density at radius 3 is 2.38 bits per heavy atom. The van der Waals surface area contributed by atoms with Crippen LogP contribution < -0.4 is 15.8 Å². The molecular weight excluding hydrogens is 264 g/mol. The summed E-state index contributed by atoms with van der Waals surface area (Å²) in [5, 5.41) is 2.96. The lowest BCUT2D eigenvalue weighted by Gasteiger charge is -2.18. The van der Waals surface area contributed by atoms with Gasteiger partial charge in [-0.3, -0.25) is 4.79 Å². The van der Waals surface area contributed by atoms with Crippen LogP contribution in [0.5, 0.6) is 5.75 Å². The third-order valence-corrected chi connectivity index (χ3v) is 3.32. The van der Waals surface area contributed by atoms with Gasteiger partial charge in [-0.1, -0.05) is 31.9 Å².